The highest BCUT2D eigenvalue weighted by Crippen LogP contribution is 2.24. The number of aromatic nitrogens is 2. The Bertz CT molecular complexity index is 1230. The Labute approximate surface area is 195 Å². The van der Waals surface area contributed by atoms with Crippen molar-refractivity contribution in [3.63, 3.8) is 0 Å². The van der Waals surface area contributed by atoms with Crippen LogP contribution in [-0.4, -0.2) is 46.8 Å². The molecule has 7 nitrogen and oxygen atoms in total. The summed E-state index contributed by atoms with van der Waals surface area (Å²) in [5.41, 5.74) is 2.46. The summed E-state index contributed by atoms with van der Waals surface area (Å²) < 4.78 is 8.16. The summed E-state index contributed by atoms with van der Waals surface area (Å²) in [6.45, 7) is 9.41. The monoisotopic (exact) mass is 498 g/mol. The molecule has 0 amide bonds. The van der Waals surface area contributed by atoms with Gasteiger partial charge in [0.25, 0.3) is 5.56 Å². The molecule has 1 atom stereocenters. The second-order valence-electron chi connectivity index (χ2n) is 9.00. The smallest absolute Gasteiger partial charge is 0.330 e. The number of carbonyl (C=O) groups excluding carboxylic acids is 1. The molecule has 1 fully saturated rings. The minimum Gasteiger partial charge on any atom is -0.458 e. The van der Waals surface area contributed by atoms with E-state index in [0.29, 0.717) is 24.0 Å². The number of rotatable bonds is 3. The third kappa shape index (κ3) is 4.56. The Morgan fingerprint density at radius 3 is 2.72 bits per heavy atom. The first-order valence-electron chi connectivity index (χ1n) is 10.6. The van der Waals surface area contributed by atoms with Crippen molar-refractivity contribution in [3.8, 4) is 5.69 Å². The molecule has 32 heavy (non-hydrogen) atoms. The summed E-state index contributed by atoms with van der Waals surface area (Å²) in [5, 5.41) is 3.77. The van der Waals surface area contributed by atoms with Crippen molar-refractivity contribution < 1.29 is 9.53 Å². The van der Waals surface area contributed by atoms with Gasteiger partial charge in [-0.05, 0) is 69.7 Å². The number of fused-ring (bicyclic) bond motifs is 1. The molecular weight excluding hydrogens is 472 g/mol. The van der Waals surface area contributed by atoms with Crippen LogP contribution in [0.5, 0.6) is 0 Å². The van der Waals surface area contributed by atoms with E-state index in [0.717, 1.165) is 28.0 Å². The molecule has 2 heterocycles. The third-order valence-electron chi connectivity index (χ3n) is 5.41. The lowest BCUT2D eigenvalue weighted by atomic mass is 10.1. The van der Waals surface area contributed by atoms with Gasteiger partial charge in [-0.3, -0.25) is 9.36 Å². The molecule has 2 aromatic carbocycles. The molecule has 168 valence electrons. The van der Waals surface area contributed by atoms with E-state index in [1.54, 1.807) is 10.9 Å². The molecule has 3 aromatic rings. The van der Waals surface area contributed by atoms with Gasteiger partial charge in [-0.1, -0.05) is 15.9 Å². The summed E-state index contributed by atoms with van der Waals surface area (Å²) in [4.78, 5) is 32.7. The molecule has 0 bridgehead atoms. The fourth-order valence-corrected chi connectivity index (χ4v) is 4.42. The van der Waals surface area contributed by atoms with Crippen LogP contribution in [0.2, 0.25) is 0 Å². The second-order valence-corrected chi connectivity index (χ2v) is 9.91. The van der Waals surface area contributed by atoms with Gasteiger partial charge in [0.05, 0.1) is 16.6 Å². The Morgan fingerprint density at radius 1 is 1.22 bits per heavy atom. The van der Waals surface area contributed by atoms with Crippen LogP contribution in [0.1, 0.15) is 26.3 Å². The van der Waals surface area contributed by atoms with Crippen molar-refractivity contribution in [1.29, 1.82) is 0 Å². The van der Waals surface area contributed by atoms with Crippen molar-refractivity contribution in [2.45, 2.75) is 39.3 Å². The fraction of sp³-hybridized carbons (Fsp3) is 0.375. The van der Waals surface area contributed by atoms with Crippen molar-refractivity contribution in [3.05, 3.63) is 63.1 Å². The molecule has 0 aliphatic carbocycles. The lowest BCUT2D eigenvalue weighted by Crippen LogP contribution is -2.56. The topological polar surface area (TPSA) is 76.5 Å². The maximum atomic E-state index is 13.4. The van der Waals surface area contributed by atoms with Crippen molar-refractivity contribution in [2.75, 3.05) is 24.5 Å². The zero-order chi connectivity index (χ0) is 23.0. The predicted octanol–water partition coefficient (Wildman–Crippen LogP) is 3.58. The van der Waals surface area contributed by atoms with Gasteiger partial charge in [-0.2, -0.15) is 0 Å². The van der Waals surface area contributed by atoms with Crippen LogP contribution in [0, 0.1) is 6.92 Å². The number of anilines is 1. The first-order valence-corrected chi connectivity index (χ1v) is 11.4. The molecule has 1 aliphatic rings. The zero-order valence-electron chi connectivity index (χ0n) is 18.7. The largest absolute Gasteiger partial charge is 0.458 e. The van der Waals surface area contributed by atoms with Gasteiger partial charge in [0.15, 0.2) is 0 Å². The SMILES string of the molecule is Cc1cc(Br)ccc1-n1cnc2ccc(N3CCNCC3C(=O)OC(C)(C)C)cc2c1=O. The van der Waals surface area contributed by atoms with Crippen LogP contribution in [0.25, 0.3) is 16.6 Å². The van der Waals surface area contributed by atoms with Crippen LogP contribution in [-0.2, 0) is 9.53 Å². The van der Waals surface area contributed by atoms with E-state index >= 15 is 0 Å². The summed E-state index contributed by atoms with van der Waals surface area (Å²) in [7, 11) is 0. The Balaban J connectivity index is 1.76. The van der Waals surface area contributed by atoms with Crippen LogP contribution in [0.15, 0.2) is 52.0 Å². The molecule has 1 aliphatic heterocycles. The van der Waals surface area contributed by atoms with E-state index in [1.807, 2.05) is 69.0 Å². The van der Waals surface area contributed by atoms with E-state index in [-0.39, 0.29) is 11.5 Å². The van der Waals surface area contributed by atoms with Gasteiger partial charge in [0.1, 0.15) is 18.0 Å². The number of piperazine rings is 1. The number of esters is 1. The number of halogens is 1. The average Bonchev–Trinajstić information content (AvgIpc) is 2.73. The highest BCUT2D eigenvalue weighted by Gasteiger charge is 2.32. The predicted molar refractivity (Wildman–Crippen MR) is 130 cm³/mol. The van der Waals surface area contributed by atoms with E-state index in [4.69, 9.17) is 4.74 Å². The van der Waals surface area contributed by atoms with Gasteiger partial charge in [-0.15, -0.1) is 0 Å². The molecule has 1 aromatic heterocycles. The van der Waals surface area contributed by atoms with Gasteiger partial charge in [0.2, 0.25) is 0 Å². The maximum Gasteiger partial charge on any atom is 0.330 e. The summed E-state index contributed by atoms with van der Waals surface area (Å²) in [6, 6.07) is 10.9. The quantitative estimate of drug-likeness (QED) is 0.556. The molecule has 0 spiro atoms. The summed E-state index contributed by atoms with van der Waals surface area (Å²) in [5.74, 6) is -0.279. The first-order chi connectivity index (χ1) is 15.1. The third-order valence-corrected chi connectivity index (χ3v) is 5.91. The van der Waals surface area contributed by atoms with E-state index in [1.165, 1.54) is 0 Å². The molecule has 1 N–H and O–H groups in total. The standard InChI is InChI=1S/C24H27BrN4O3/c1-15-11-16(25)5-8-20(15)29-14-27-19-7-6-17(12-18(19)22(29)30)28-10-9-26-13-21(28)23(31)32-24(2,3)4/h5-8,11-12,14,21,26H,9-10,13H2,1-4H3. The van der Waals surface area contributed by atoms with Crippen LogP contribution in [0.3, 0.4) is 0 Å². The molecule has 1 saturated heterocycles. The van der Waals surface area contributed by atoms with Crippen LogP contribution >= 0.6 is 15.9 Å². The normalized spacial score (nSPS) is 16.9. The minimum absolute atomic E-state index is 0.147. The number of nitrogens with zero attached hydrogens (tertiary/aromatic N) is 3. The number of nitrogens with one attached hydrogen (secondary N) is 1. The van der Waals surface area contributed by atoms with Crippen LogP contribution in [0.4, 0.5) is 5.69 Å². The number of carbonyl (C=O) groups is 1. The van der Waals surface area contributed by atoms with Crippen molar-refractivity contribution >= 4 is 38.5 Å². The lowest BCUT2D eigenvalue weighted by molar-refractivity contribution is -0.156. The lowest BCUT2D eigenvalue weighted by Gasteiger charge is -2.37. The van der Waals surface area contributed by atoms with E-state index < -0.39 is 11.6 Å². The van der Waals surface area contributed by atoms with E-state index in [2.05, 4.69) is 26.2 Å². The molecule has 1 unspecified atom stereocenters. The number of aryl methyl sites for hydroxylation is 1. The number of hydrogen-bond acceptors (Lipinski definition) is 6. The summed E-state index contributed by atoms with van der Waals surface area (Å²) in [6.07, 6.45) is 1.56. The molecular formula is C24H27BrN4O3. The zero-order valence-corrected chi connectivity index (χ0v) is 20.3. The fourth-order valence-electron chi connectivity index (χ4n) is 3.94. The van der Waals surface area contributed by atoms with E-state index in [9.17, 15) is 9.59 Å². The molecule has 0 saturated carbocycles. The van der Waals surface area contributed by atoms with Gasteiger partial charge in [-0.25, -0.2) is 9.78 Å². The first kappa shape index (κ1) is 22.5. The Kier molecular flexibility index (Phi) is 6.09. The summed E-state index contributed by atoms with van der Waals surface area (Å²) >= 11 is 3.46. The number of benzene rings is 2. The Hall–Kier alpha value is -2.71. The van der Waals surface area contributed by atoms with Gasteiger partial charge >= 0.3 is 5.97 Å². The molecule has 0 radical (unpaired) electrons. The Morgan fingerprint density at radius 2 is 2.00 bits per heavy atom. The molecule has 8 heteroatoms. The van der Waals surface area contributed by atoms with Crippen molar-refractivity contribution in [1.82, 2.24) is 14.9 Å². The van der Waals surface area contributed by atoms with Crippen LogP contribution < -0.4 is 15.8 Å². The van der Waals surface area contributed by atoms with Gasteiger partial charge in [0, 0.05) is 29.8 Å². The highest BCUT2D eigenvalue weighted by atomic mass is 79.9. The maximum absolute atomic E-state index is 13.4. The second kappa shape index (κ2) is 8.67. The average molecular weight is 499 g/mol. The number of ether oxygens (including phenoxy) is 1. The molecule has 4 rings (SSSR count). The van der Waals surface area contributed by atoms with Gasteiger partial charge < -0.3 is 15.0 Å². The minimum atomic E-state index is -0.566. The number of hydrogen-bond donors (Lipinski definition) is 1. The highest BCUT2D eigenvalue weighted by molar-refractivity contribution is 9.10. The van der Waals surface area contributed by atoms with Crippen molar-refractivity contribution in [2.24, 2.45) is 0 Å².